The molecule has 1 aliphatic rings. The smallest absolute Gasteiger partial charge is 0.125 e. The molecular formula is C5H3IN2. The summed E-state index contributed by atoms with van der Waals surface area (Å²) in [6, 6.07) is 0. The Bertz CT molecular complexity index is 208. The fourth-order valence-electron chi connectivity index (χ4n) is 0.405. The molecule has 1 heterocycles. The van der Waals surface area contributed by atoms with Crippen LogP contribution in [0.4, 0.5) is 0 Å². The molecular weight excluding hydrogens is 215 g/mol. The van der Waals surface area contributed by atoms with E-state index in [-0.39, 0.29) is 0 Å². The van der Waals surface area contributed by atoms with E-state index in [1.165, 1.54) is 0 Å². The largest absolute Gasteiger partial charge is 0.257 e. The van der Waals surface area contributed by atoms with Crippen molar-refractivity contribution in [2.75, 3.05) is 0 Å². The lowest BCUT2D eigenvalue weighted by Gasteiger charge is -1.71. The van der Waals surface area contributed by atoms with Gasteiger partial charge in [-0.05, 0) is 28.7 Å². The van der Waals surface area contributed by atoms with Crippen molar-refractivity contribution in [2.24, 2.45) is 4.99 Å². The lowest BCUT2D eigenvalue weighted by atomic mass is 10.5. The summed E-state index contributed by atoms with van der Waals surface area (Å²) in [5, 5.41) is 6.64. The van der Waals surface area contributed by atoms with Crippen molar-refractivity contribution in [3.63, 3.8) is 0 Å². The molecule has 1 N–H and O–H groups in total. The standard InChI is InChI=1S/C5H3IN2/c6-4-1-5(2-7)8-3-4/h1,3,7H. The minimum absolute atomic E-state index is 0.606. The van der Waals surface area contributed by atoms with Gasteiger partial charge >= 0.3 is 0 Å². The summed E-state index contributed by atoms with van der Waals surface area (Å²) in [6.45, 7) is 0. The maximum atomic E-state index is 6.64. The van der Waals surface area contributed by atoms with Gasteiger partial charge in [-0.1, -0.05) is 0 Å². The van der Waals surface area contributed by atoms with Gasteiger partial charge in [0.15, 0.2) is 0 Å². The van der Waals surface area contributed by atoms with Crippen molar-refractivity contribution < 1.29 is 0 Å². The van der Waals surface area contributed by atoms with Crippen LogP contribution in [0.5, 0.6) is 0 Å². The molecule has 0 aromatic carbocycles. The SMILES string of the molecule is N=C=C1C=C(I)C=N1. The molecule has 40 valence electrons. The molecule has 0 bridgehead atoms. The van der Waals surface area contributed by atoms with Crippen LogP contribution in [0.15, 0.2) is 20.3 Å². The summed E-state index contributed by atoms with van der Waals surface area (Å²) < 4.78 is 1.05. The first-order valence-corrected chi connectivity index (χ1v) is 3.12. The number of aliphatic imine (C=N–C) groups is 1. The van der Waals surface area contributed by atoms with Gasteiger partial charge in [0.2, 0.25) is 0 Å². The second-order valence-corrected chi connectivity index (χ2v) is 2.54. The lowest BCUT2D eigenvalue weighted by Crippen LogP contribution is -1.61. The summed E-state index contributed by atoms with van der Waals surface area (Å²) >= 11 is 2.14. The number of allylic oxidation sites excluding steroid dienone is 2. The van der Waals surface area contributed by atoms with Crippen LogP contribution in [0, 0.1) is 5.41 Å². The Hall–Kier alpha value is -0.410. The Morgan fingerprint density at radius 2 is 2.50 bits per heavy atom. The highest BCUT2D eigenvalue weighted by atomic mass is 127. The lowest BCUT2D eigenvalue weighted by molar-refractivity contribution is 1.48. The number of rotatable bonds is 0. The van der Waals surface area contributed by atoms with Gasteiger partial charge in [0.25, 0.3) is 0 Å². The summed E-state index contributed by atoms with van der Waals surface area (Å²) in [4.78, 5) is 3.83. The number of nitrogens with one attached hydrogen (secondary N) is 1. The predicted molar refractivity (Wildman–Crippen MR) is 41.8 cm³/mol. The predicted octanol–water partition coefficient (Wildman–Crippen LogP) is 1.52. The second-order valence-electron chi connectivity index (χ2n) is 1.30. The van der Waals surface area contributed by atoms with Crippen molar-refractivity contribution >= 4 is 34.7 Å². The first-order chi connectivity index (χ1) is 3.83. The Kier molecular flexibility index (Phi) is 1.60. The molecule has 0 saturated carbocycles. The van der Waals surface area contributed by atoms with Crippen molar-refractivity contribution in [3.8, 4) is 0 Å². The maximum Gasteiger partial charge on any atom is 0.125 e. The fraction of sp³-hybridized carbons (Fsp3) is 0. The van der Waals surface area contributed by atoms with Gasteiger partial charge in [-0.25, -0.2) is 4.99 Å². The molecule has 0 atom stereocenters. The number of hydrogen-bond donors (Lipinski definition) is 1. The molecule has 0 aromatic rings. The van der Waals surface area contributed by atoms with Crippen LogP contribution in [-0.4, -0.2) is 12.1 Å². The average Bonchev–Trinajstić information content (AvgIpc) is 2.14. The van der Waals surface area contributed by atoms with Crippen LogP contribution in [0.3, 0.4) is 0 Å². The second kappa shape index (κ2) is 2.24. The highest BCUT2D eigenvalue weighted by molar-refractivity contribution is 14.1. The monoisotopic (exact) mass is 218 g/mol. The zero-order valence-electron chi connectivity index (χ0n) is 3.98. The zero-order chi connectivity index (χ0) is 5.98. The Morgan fingerprint density at radius 1 is 1.75 bits per heavy atom. The topological polar surface area (TPSA) is 36.2 Å². The first-order valence-electron chi connectivity index (χ1n) is 2.04. The van der Waals surface area contributed by atoms with E-state index in [1.54, 1.807) is 12.3 Å². The average molecular weight is 218 g/mol. The molecule has 0 aromatic heterocycles. The van der Waals surface area contributed by atoms with E-state index >= 15 is 0 Å². The van der Waals surface area contributed by atoms with Gasteiger partial charge in [0.05, 0.1) is 0 Å². The van der Waals surface area contributed by atoms with Crippen molar-refractivity contribution in [1.29, 1.82) is 5.41 Å². The molecule has 3 heteroatoms. The highest BCUT2D eigenvalue weighted by Crippen LogP contribution is 2.12. The molecule has 1 aliphatic heterocycles. The van der Waals surface area contributed by atoms with Gasteiger partial charge in [0.1, 0.15) is 5.70 Å². The first kappa shape index (κ1) is 5.72. The van der Waals surface area contributed by atoms with Crippen LogP contribution in [0.25, 0.3) is 0 Å². The van der Waals surface area contributed by atoms with Gasteiger partial charge in [-0.15, -0.1) is 0 Å². The van der Waals surface area contributed by atoms with Crippen LogP contribution >= 0.6 is 22.6 Å². The van der Waals surface area contributed by atoms with E-state index in [4.69, 9.17) is 5.41 Å². The zero-order valence-corrected chi connectivity index (χ0v) is 6.14. The molecule has 2 nitrogen and oxygen atoms in total. The number of nitrogens with zero attached hydrogens (tertiary/aromatic N) is 1. The van der Waals surface area contributed by atoms with Crippen molar-refractivity contribution in [3.05, 3.63) is 15.4 Å². The molecule has 0 amide bonds. The Morgan fingerprint density at radius 3 is 2.75 bits per heavy atom. The summed E-state index contributed by atoms with van der Waals surface area (Å²) in [5.74, 6) is 2.18. The molecule has 0 fully saturated rings. The van der Waals surface area contributed by atoms with Gasteiger partial charge in [0, 0.05) is 15.7 Å². The Balaban J connectivity index is 3.01. The molecule has 0 saturated heterocycles. The third-order valence-corrected chi connectivity index (χ3v) is 1.32. The van der Waals surface area contributed by atoms with Crippen LogP contribution in [0.2, 0.25) is 0 Å². The van der Waals surface area contributed by atoms with E-state index in [2.05, 4.69) is 33.5 Å². The quantitative estimate of drug-likeness (QED) is 0.472. The minimum atomic E-state index is 0.606. The minimum Gasteiger partial charge on any atom is -0.257 e. The van der Waals surface area contributed by atoms with E-state index in [9.17, 15) is 0 Å². The Labute approximate surface area is 60.7 Å². The molecule has 0 unspecified atom stereocenters. The van der Waals surface area contributed by atoms with E-state index in [1.807, 2.05) is 0 Å². The van der Waals surface area contributed by atoms with Crippen LogP contribution < -0.4 is 0 Å². The molecule has 0 spiro atoms. The van der Waals surface area contributed by atoms with E-state index in [0.29, 0.717) is 5.70 Å². The summed E-state index contributed by atoms with van der Waals surface area (Å²) in [6.07, 6.45) is 3.50. The number of hydrogen-bond acceptors (Lipinski definition) is 2. The van der Waals surface area contributed by atoms with Crippen molar-refractivity contribution in [1.82, 2.24) is 0 Å². The molecule has 0 aliphatic carbocycles. The third-order valence-electron chi connectivity index (χ3n) is 0.730. The molecule has 8 heavy (non-hydrogen) atoms. The van der Waals surface area contributed by atoms with Crippen LogP contribution in [-0.2, 0) is 0 Å². The van der Waals surface area contributed by atoms with E-state index < -0.39 is 0 Å². The van der Waals surface area contributed by atoms with Crippen LogP contribution in [0.1, 0.15) is 0 Å². The highest BCUT2D eigenvalue weighted by Gasteiger charge is 1.96. The van der Waals surface area contributed by atoms with Gasteiger partial charge in [-0.2, -0.15) is 0 Å². The van der Waals surface area contributed by atoms with Crippen molar-refractivity contribution in [2.45, 2.75) is 0 Å². The number of halogens is 1. The van der Waals surface area contributed by atoms with Gasteiger partial charge < -0.3 is 0 Å². The third kappa shape index (κ3) is 1.05. The maximum absolute atomic E-state index is 6.64. The summed E-state index contributed by atoms with van der Waals surface area (Å²) in [5.41, 5.74) is 0.606. The fourth-order valence-corrected chi connectivity index (χ4v) is 0.839. The summed E-state index contributed by atoms with van der Waals surface area (Å²) in [7, 11) is 0. The van der Waals surface area contributed by atoms with E-state index in [0.717, 1.165) is 3.58 Å². The molecule has 0 radical (unpaired) electrons. The molecule has 1 rings (SSSR count). The normalized spacial score (nSPS) is 16.1. The van der Waals surface area contributed by atoms with Gasteiger partial charge in [-0.3, -0.25) is 5.41 Å².